The van der Waals surface area contributed by atoms with Crippen LogP contribution in [0.25, 0.3) is 0 Å². The second-order valence-corrected chi connectivity index (χ2v) is 3.42. The molecule has 0 atom stereocenters. The largest absolute Gasteiger partial charge is 0.492 e. The van der Waals surface area contributed by atoms with Crippen molar-refractivity contribution >= 4 is 5.78 Å². The van der Waals surface area contributed by atoms with Crippen molar-refractivity contribution in [1.29, 1.82) is 5.26 Å². The molecule has 0 aromatic carbocycles. The molecule has 0 spiro atoms. The molecule has 0 bridgehead atoms. The molecular formula is C12H18N2O3. The van der Waals surface area contributed by atoms with Crippen LogP contribution in [0, 0.1) is 11.3 Å². The number of carbonyl (C=O) groups excluding carboxylic acids is 1. The van der Waals surface area contributed by atoms with Gasteiger partial charge < -0.3 is 14.4 Å². The van der Waals surface area contributed by atoms with E-state index in [1.54, 1.807) is 24.1 Å². The summed E-state index contributed by atoms with van der Waals surface area (Å²) in [5, 5.41) is 8.97. The molecule has 0 saturated heterocycles. The van der Waals surface area contributed by atoms with Gasteiger partial charge in [0.15, 0.2) is 0 Å². The second-order valence-electron chi connectivity index (χ2n) is 3.42. The summed E-state index contributed by atoms with van der Waals surface area (Å²) in [6.45, 7) is 2.05. The van der Waals surface area contributed by atoms with Crippen molar-refractivity contribution in [3.05, 3.63) is 23.6 Å². The lowest BCUT2D eigenvalue weighted by Gasteiger charge is -2.09. The van der Waals surface area contributed by atoms with Crippen molar-refractivity contribution in [2.24, 2.45) is 0 Å². The third-order valence-corrected chi connectivity index (χ3v) is 1.74. The van der Waals surface area contributed by atoms with Gasteiger partial charge in [0.25, 0.3) is 0 Å². The Morgan fingerprint density at radius 1 is 1.47 bits per heavy atom. The first kappa shape index (κ1) is 15.2. The number of ketones is 1. The van der Waals surface area contributed by atoms with Crippen LogP contribution in [0.1, 0.15) is 6.92 Å². The molecule has 0 aliphatic carbocycles. The summed E-state index contributed by atoms with van der Waals surface area (Å²) in [4.78, 5) is 13.4. The summed E-state index contributed by atoms with van der Waals surface area (Å²) in [7, 11) is 5.08. The Morgan fingerprint density at radius 3 is 2.53 bits per heavy atom. The molecule has 0 aliphatic rings. The predicted molar refractivity (Wildman–Crippen MR) is 64.0 cm³/mol. The third kappa shape index (κ3) is 5.73. The van der Waals surface area contributed by atoms with Crippen LogP contribution in [0.4, 0.5) is 0 Å². The van der Waals surface area contributed by atoms with Crippen LogP contribution in [0.15, 0.2) is 23.6 Å². The van der Waals surface area contributed by atoms with Crippen LogP contribution < -0.4 is 0 Å². The highest BCUT2D eigenvalue weighted by atomic mass is 16.5. The van der Waals surface area contributed by atoms with E-state index in [1.807, 2.05) is 20.2 Å². The number of ether oxygens (including phenoxy) is 2. The van der Waals surface area contributed by atoms with Crippen molar-refractivity contribution in [1.82, 2.24) is 4.90 Å². The molecule has 0 saturated carbocycles. The minimum absolute atomic E-state index is 0.0215. The molecule has 0 aliphatic heterocycles. The van der Waals surface area contributed by atoms with E-state index in [0.29, 0.717) is 6.61 Å². The summed E-state index contributed by atoms with van der Waals surface area (Å²) in [5.74, 6) is -0.118. The van der Waals surface area contributed by atoms with Crippen molar-refractivity contribution < 1.29 is 14.3 Å². The lowest BCUT2D eigenvalue weighted by atomic mass is 10.1. The van der Waals surface area contributed by atoms with Gasteiger partial charge in [-0.2, -0.15) is 5.26 Å². The highest BCUT2D eigenvalue weighted by molar-refractivity contribution is 6.00. The Morgan fingerprint density at radius 2 is 2.12 bits per heavy atom. The molecule has 0 amide bonds. The highest BCUT2D eigenvalue weighted by Crippen LogP contribution is 2.09. The first-order chi connectivity index (χ1) is 8.06. The van der Waals surface area contributed by atoms with E-state index in [4.69, 9.17) is 14.7 Å². The molecule has 0 rings (SSSR count). The molecule has 0 aromatic heterocycles. The van der Waals surface area contributed by atoms with Crippen LogP contribution >= 0.6 is 0 Å². The number of nitriles is 1. The van der Waals surface area contributed by atoms with E-state index in [2.05, 4.69) is 0 Å². The average Bonchev–Trinajstić information content (AvgIpc) is 2.27. The molecule has 0 unspecified atom stereocenters. The van der Waals surface area contributed by atoms with Gasteiger partial charge in [-0.1, -0.05) is 0 Å². The third-order valence-electron chi connectivity index (χ3n) is 1.74. The Hall–Kier alpha value is -1.80. The Kier molecular flexibility index (Phi) is 7.48. The van der Waals surface area contributed by atoms with Crippen LogP contribution in [0.3, 0.4) is 0 Å². The van der Waals surface area contributed by atoms with Gasteiger partial charge >= 0.3 is 0 Å². The number of carbonyl (C=O) groups is 1. The van der Waals surface area contributed by atoms with E-state index in [0.717, 1.165) is 0 Å². The molecule has 5 heteroatoms. The predicted octanol–water partition coefficient (Wildman–Crippen LogP) is 1.09. The fourth-order valence-corrected chi connectivity index (χ4v) is 1.03. The smallest absolute Gasteiger partial charge is 0.202 e. The molecular weight excluding hydrogens is 220 g/mol. The number of rotatable bonds is 7. The zero-order valence-electron chi connectivity index (χ0n) is 10.7. The monoisotopic (exact) mass is 238 g/mol. The summed E-state index contributed by atoms with van der Waals surface area (Å²) in [6, 6.07) is 1.85. The maximum absolute atomic E-state index is 11.6. The Bertz CT molecular complexity index is 351. The quantitative estimate of drug-likeness (QED) is 0.287. The van der Waals surface area contributed by atoms with Crippen LogP contribution in [0.5, 0.6) is 0 Å². The second kappa shape index (κ2) is 8.36. The van der Waals surface area contributed by atoms with Gasteiger partial charge in [0.2, 0.25) is 5.78 Å². The van der Waals surface area contributed by atoms with Crippen LogP contribution in [-0.2, 0) is 14.3 Å². The summed E-state index contributed by atoms with van der Waals surface area (Å²) in [5.41, 5.74) is -0.0215. The van der Waals surface area contributed by atoms with Crippen LogP contribution in [0.2, 0.25) is 0 Å². The highest BCUT2D eigenvalue weighted by Gasteiger charge is 2.14. The fourth-order valence-electron chi connectivity index (χ4n) is 1.03. The van der Waals surface area contributed by atoms with Crippen molar-refractivity contribution in [2.75, 3.05) is 34.4 Å². The summed E-state index contributed by atoms with van der Waals surface area (Å²) < 4.78 is 10.00. The Labute approximate surface area is 102 Å². The molecule has 5 nitrogen and oxygen atoms in total. The van der Waals surface area contributed by atoms with Gasteiger partial charge in [-0.05, 0) is 13.0 Å². The Balaban J connectivity index is 5.17. The number of methoxy groups -OCH3 is 1. The van der Waals surface area contributed by atoms with Gasteiger partial charge in [-0.15, -0.1) is 0 Å². The number of hydrogen-bond donors (Lipinski definition) is 0. The average molecular weight is 238 g/mol. The first-order valence-corrected chi connectivity index (χ1v) is 5.20. The van der Waals surface area contributed by atoms with Crippen molar-refractivity contribution in [3.63, 3.8) is 0 Å². The number of hydrogen-bond acceptors (Lipinski definition) is 5. The van der Waals surface area contributed by atoms with Gasteiger partial charge in [-0.25, -0.2) is 0 Å². The normalized spacial score (nSPS) is 11.9. The van der Waals surface area contributed by atoms with Gasteiger partial charge in [0.1, 0.15) is 24.0 Å². The zero-order valence-corrected chi connectivity index (χ0v) is 10.7. The van der Waals surface area contributed by atoms with E-state index < -0.39 is 0 Å². The van der Waals surface area contributed by atoms with Crippen molar-refractivity contribution in [2.45, 2.75) is 6.92 Å². The summed E-state index contributed by atoms with van der Waals surface area (Å²) >= 11 is 0. The van der Waals surface area contributed by atoms with Gasteiger partial charge in [-0.3, -0.25) is 4.79 Å². The summed E-state index contributed by atoms with van der Waals surface area (Å²) in [6.07, 6.45) is 3.30. The number of allylic oxidation sites excluding steroid dienone is 1. The maximum Gasteiger partial charge on any atom is 0.202 e. The SMILES string of the molecule is CCOC(/C=C\N(C)C)=C(\C#N)C(=O)COC. The number of nitrogens with zero attached hydrogens (tertiary/aromatic N) is 2. The first-order valence-electron chi connectivity index (χ1n) is 5.20. The lowest BCUT2D eigenvalue weighted by Crippen LogP contribution is -2.12. The topological polar surface area (TPSA) is 62.6 Å². The number of Topliss-reactive ketones (excluding diaryl/α,β-unsaturated/α-hetero) is 1. The lowest BCUT2D eigenvalue weighted by molar-refractivity contribution is -0.118. The zero-order chi connectivity index (χ0) is 13.3. The fraction of sp³-hybridized carbons (Fsp3) is 0.500. The molecule has 0 heterocycles. The molecule has 0 fully saturated rings. The van der Waals surface area contributed by atoms with Crippen LogP contribution in [-0.4, -0.2) is 45.1 Å². The molecule has 0 aromatic rings. The van der Waals surface area contributed by atoms with Gasteiger partial charge in [0, 0.05) is 27.4 Å². The molecule has 0 radical (unpaired) electrons. The van der Waals surface area contributed by atoms with E-state index in [9.17, 15) is 4.79 Å². The molecule has 0 N–H and O–H groups in total. The van der Waals surface area contributed by atoms with E-state index in [-0.39, 0.29) is 23.7 Å². The minimum atomic E-state index is -0.387. The van der Waals surface area contributed by atoms with E-state index >= 15 is 0 Å². The maximum atomic E-state index is 11.6. The van der Waals surface area contributed by atoms with Gasteiger partial charge in [0.05, 0.1) is 6.61 Å². The standard InChI is InChI=1S/C12H18N2O3/c1-5-17-12(6-7-14(2)3)10(8-13)11(15)9-16-4/h6-7H,5,9H2,1-4H3/b7-6-,12-10+. The van der Waals surface area contributed by atoms with Crippen molar-refractivity contribution in [3.8, 4) is 6.07 Å². The minimum Gasteiger partial charge on any atom is -0.492 e. The molecule has 94 valence electrons. The van der Waals surface area contributed by atoms with E-state index in [1.165, 1.54) is 7.11 Å². The molecule has 17 heavy (non-hydrogen) atoms.